The summed E-state index contributed by atoms with van der Waals surface area (Å²) in [7, 11) is 1.35. The molecule has 0 bridgehead atoms. The maximum Gasteiger partial charge on any atom is 0.258 e. The van der Waals surface area contributed by atoms with Crippen molar-refractivity contribution < 1.29 is 9.05 Å². The van der Waals surface area contributed by atoms with Crippen molar-refractivity contribution in [3.63, 3.8) is 0 Å². The van der Waals surface area contributed by atoms with Gasteiger partial charge in [-0.3, -0.25) is 0 Å². The number of halogens is 1. The van der Waals surface area contributed by atoms with Gasteiger partial charge in [0, 0.05) is 9.82 Å². The summed E-state index contributed by atoms with van der Waals surface area (Å²) in [6, 6.07) is 0. The van der Waals surface area contributed by atoms with Gasteiger partial charge < -0.3 is 9.05 Å². The molecule has 0 N–H and O–H groups in total. The van der Waals surface area contributed by atoms with E-state index in [2.05, 4.69) is 56.4 Å². The third kappa shape index (κ3) is 9.43. The maximum atomic E-state index is 5.76. The molecule has 0 unspecified atom stereocenters. The molecule has 0 heterocycles. The topological polar surface area (TPSA) is 18.5 Å². The molecule has 0 rings (SSSR count). The highest BCUT2D eigenvalue weighted by Crippen LogP contribution is 2.64. The highest BCUT2D eigenvalue weighted by molar-refractivity contribution is 9.58. The largest absolute Gasteiger partial charge is 0.321 e. The van der Waals surface area contributed by atoms with Crippen molar-refractivity contribution in [2.45, 2.75) is 41.5 Å². The van der Waals surface area contributed by atoms with E-state index >= 15 is 0 Å². The minimum atomic E-state index is -2.23. The molecule has 0 aliphatic heterocycles. The van der Waals surface area contributed by atoms with Gasteiger partial charge in [0.05, 0.1) is 13.2 Å². The van der Waals surface area contributed by atoms with Gasteiger partial charge in [0.25, 0.3) is 5.69 Å². The first-order chi connectivity index (χ1) is 6.97. The van der Waals surface area contributed by atoms with Crippen LogP contribution >= 0.6 is 30.3 Å². The van der Waals surface area contributed by atoms with Gasteiger partial charge in [0.1, 0.15) is 0 Å². The molecule has 0 amide bonds. The van der Waals surface area contributed by atoms with Crippen molar-refractivity contribution in [1.82, 2.24) is 0 Å². The van der Waals surface area contributed by atoms with Gasteiger partial charge in [0.2, 0.25) is 0 Å². The second-order valence-corrected chi connectivity index (χ2v) is 14.3. The van der Waals surface area contributed by atoms with Crippen molar-refractivity contribution in [3.8, 4) is 0 Å². The zero-order chi connectivity index (χ0) is 13.0. The molecule has 16 heavy (non-hydrogen) atoms. The average Bonchev–Trinajstić information content (AvgIpc) is 2.09. The van der Waals surface area contributed by atoms with Crippen LogP contribution in [0.1, 0.15) is 41.5 Å². The fraction of sp³-hybridized carbons (Fsp3) is 1.00. The molecule has 0 spiro atoms. The molecule has 2 nitrogen and oxygen atoms in total. The van der Waals surface area contributed by atoms with E-state index in [1.54, 1.807) is 0 Å². The van der Waals surface area contributed by atoms with Crippen molar-refractivity contribution in [2.24, 2.45) is 10.8 Å². The van der Waals surface area contributed by atoms with Gasteiger partial charge >= 0.3 is 0 Å². The van der Waals surface area contributed by atoms with Crippen LogP contribution in [0.25, 0.3) is 0 Å². The van der Waals surface area contributed by atoms with Crippen molar-refractivity contribution in [3.05, 3.63) is 0 Å². The summed E-state index contributed by atoms with van der Waals surface area (Å²) in [4.78, 5) is 0. The van der Waals surface area contributed by atoms with Crippen LogP contribution in [-0.4, -0.2) is 13.2 Å². The Morgan fingerprint density at radius 1 is 1.00 bits per heavy atom. The number of rotatable bonds is 5. The maximum absolute atomic E-state index is 5.76. The third-order valence-electron chi connectivity index (χ3n) is 1.40. The fourth-order valence-electron chi connectivity index (χ4n) is 0.623. The highest BCUT2D eigenvalue weighted by atomic mass is 79.9. The number of hydrogen-bond acceptors (Lipinski definition) is 4. The van der Waals surface area contributed by atoms with Crippen LogP contribution in [0.15, 0.2) is 0 Å². The lowest BCUT2D eigenvalue weighted by molar-refractivity contribution is 0.156. The lowest BCUT2D eigenvalue weighted by Gasteiger charge is -2.27. The van der Waals surface area contributed by atoms with E-state index in [1.807, 2.05) is 0 Å². The molecule has 98 valence electrons. The summed E-state index contributed by atoms with van der Waals surface area (Å²) < 4.78 is 11.5. The predicted octanol–water partition coefficient (Wildman–Crippen LogP) is 5.38. The minimum Gasteiger partial charge on any atom is -0.321 e. The molecule has 0 radical (unpaired) electrons. The lowest BCUT2D eigenvalue weighted by Crippen LogP contribution is -2.16. The standard InChI is InChI=1S/C10H22BrO2PS2/c1-9(2,3)7-12-14(15,16-11)13-8-10(4,5)6/h7-8H2,1-6H3. The summed E-state index contributed by atoms with van der Waals surface area (Å²) >= 11 is 8.74. The SMILES string of the molecule is CC(C)(C)COP(=S)(OCC(C)(C)C)SBr. The van der Waals surface area contributed by atoms with Crippen molar-refractivity contribution in [2.75, 3.05) is 13.2 Å². The van der Waals surface area contributed by atoms with E-state index in [0.717, 1.165) is 0 Å². The summed E-state index contributed by atoms with van der Waals surface area (Å²) in [5, 5.41) is 0. The zero-order valence-corrected chi connectivity index (χ0v) is 15.0. The minimum absolute atomic E-state index is 0.109. The van der Waals surface area contributed by atoms with Gasteiger partial charge in [0.15, 0.2) is 0 Å². The van der Waals surface area contributed by atoms with Gasteiger partial charge in [-0.2, -0.15) is 0 Å². The Labute approximate surface area is 116 Å². The highest BCUT2D eigenvalue weighted by Gasteiger charge is 2.25. The molecular formula is C10H22BrO2PS2. The Morgan fingerprint density at radius 3 is 1.50 bits per heavy atom. The molecule has 0 aliphatic carbocycles. The Kier molecular flexibility index (Phi) is 7.10. The number of hydrogen-bond donors (Lipinski definition) is 0. The van der Waals surface area contributed by atoms with E-state index in [4.69, 9.17) is 20.9 Å². The van der Waals surface area contributed by atoms with E-state index in [0.29, 0.717) is 13.2 Å². The second kappa shape index (κ2) is 6.53. The Hall–Kier alpha value is 1.40. The molecule has 0 atom stereocenters. The smallest absolute Gasteiger partial charge is 0.258 e. The summed E-state index contributed by atoms with van der Waals surface area (Å²) in [5.74, 6) is 0. The Bertz CT molecular complexity index is 237. The van der Waals surface area contributed by atoms with Crippen LogP contribution in [0.4, 0.5) is 0 Å². The van der Waals surface area contributed by atoms with Gasteiger partial charge in [-0.1, -0.05) is 41.5 Å². The van der Waals surface area contributed by atoms with Gasteiger partial charge in [-0.15, -0.1) is 0 Å². The van der Waals surface area contributed by atoms with E-state index in [9.17, 15) is 0 Å². The normalized spacial score (nSPS) is 14.2. The van der Waals surface area contributed by atoms with Crippen molar-refractivity contribution >= 4 is 42.1 Å². The molecule has 0 aromatic heterocycles. The van der Waals surface area contributed by atoms with Crippen LogP contribution < -0.4 is 0 Å². The summed E-state index contributed by atoms with van der Waals surface area (Å²) in [6.07, 6.45) is 0. The average molecular weight is 349 g/mol. The first-order valence-corrected chi connectivity index (χ1v) is 11.1. The van der Waals surface area contributed by atoms with Crippen LogP contribution in [0, 0.1) is 10.8 Å². The van der Waals surface area contributed by atoms with Crippen molar-refractivity contribution in [1.29, 1.82) is 0 Å². The molecule has 0 aromatic rings. The Morgan fingerprint density at radius 2 is 1.31 bits per heavy atom. The van der Waals surface area contributed by atoms with Crippen LogP contribution in [0.3, 0.4) is 0 Å². The fourth-order valence-corrected chi connectivity index (χ4v) is 4.24. The summed E-state index contributed by atoms with van der Waals surface area (Å²) in [6.45, 7) is 14.0. The molecule has 6 heteroatoms. The van der Waals surface area contributed by atoms with Gasteiger partial charge in [-0.25, -0.2) is 0 Å². The van der Waals surface area contributed by atoms with E-state index < -0.39 is 5.69 Å². The predicted molar refractivity (Wildman–Crippen MR) is 81.6 cm³/mol. The lowest BCUT2D eigenvalue weighted by atomic mass is 9.99. The first-order valence-electron chi connectivity index (χ1n) is 5.17. The van der Waals surface area contributed by atoms with Crippen LogP contribution in [-0.2, 0) is 20.9 Å². The van der Waals surface area contributed by atoms with E-state index in [-0.39, 0.29) is 10.8 Å². The molecule has 0 aromatic carbocycles. The monoisotopic (exact) mass is 348 g/mol. The Balaban J connectivity index is 4.28. The van der Waals surface area contributed by atoms with Gasteiger partial charge in [-0.05, 0) is 37.4 Å². The van der Waals surface area contributed by atoms with E-state index in [1.165, 1.54) is 9.82 Å². The molecule has 0 fully saturated rings. The molecular weight excluding hydrogens is 327 g/mol. The third-order valence-corrected chi connectivity index (χ3v) is 10.1. The molecule has 0 saturated carbocycles. The van der Waals surface area contributed by atoms with Crippen LogP contribution in [0.2, 0.25) is 0 Å². The quantitative estimate of drug-likeness (QED) is 0.620. The summed E-state index contributed by atoms with van der Waals surface area (Å²) in [5.41, 5.74) is -2.01. The van der Waals surface area contributed by atoms with Crippen LogP contribution in [0.5, 0.6) is 0 Å². The zero-order valence-electron chi connectivity index (χ0n) is 10.9. The second-order valence-electron chi connectivity index (χ2n) is 6.18. The molecule has 0 saturated heterocycles. The first kappa shape index (κ1) is 17.4. The molecule has 0 aliphatic rings.